The molecular weight excluding hydrogens is 361 g/mol. The number of carbonyl (C=O) groups excluding carboxylic acids is 2. The van der Waals surface area contributed by atoms with Crippen molar-refractivity contribution in [2.24, 2.45) is 11.7 Å². The van der Waals surface area contributed by atoms with Crippen molar-refractivity contribution in [2.75, 3.05) is 26.7 Å². The monoisotopic (exact) mass is 385 g/mol. The SMILES string of the molecule is CN(CCCC(=O)N1CCC[C@H](C(N)=O)C1)S(=O)(=O)c1ccc(F)cc1. The first-order valence-electron chi connectivity index (χ1n) is 8.51. The first kappa shape index (κ1) is 20.3. The van der Waals surface area contributed by atoms with Crippen LogP contribution in [0.1, 0.15) is 25.7 Å². The fourth-order valence-corrected chi connectivity index (χ4v) is 4.16. The number of nitrogens with zero attached hydrogens (tertiary/aromatic N) is 2. The molecule has 0 aliphatic carbocycles. The van der Waals surface area contributed by atoms with Crippen LogP contribution in [-0.4, -0.2) is 56.1 Å². The summed E-state index contributed by atoms with van der Waals surface area (Å²) in [5, 5.41) is 0. The summed E-state index contributed by atoms with van der Waals surface area (Å²) in [5.41, 5.74) is 5.31. The summed E-state index contributed by atoms with van der Waals surface area (Å²) >= 11 is 0. The molecule has 144 valence electrons. The van der Waals surface area contributed by atoms with Crippen molar-refractivity contribution >= 4 is 21.8 Å². The number of likely N-dealkylation sites (tertiary alicyclic amines) is 1. The van der Waals surface area contributed by atoms with E-state index < -0.39 is 21.7 Å². The summed E-state index contributed by atoms with van der Waals surface area (Å²) < 4.78 is 38.9. The van der Waals surface area contributed by atoms with Crippen LogP contribution in [0.25, 0.3) is 0 Å². The highest BCUT2D eigenvalue weighted by molar-refractivity contribution is 7.89. The number of nitrogens with two attached hydrogens (primary N) is 1. The third kappa shape index (κ3) is 5.01. The maximum absolute atomic E-state index is 12.9. The number of piperidine rings is 1. The fraction of sp³-hybridized carbons (Fsp3) is 0.529. The molecule has 1 aromatic carbocycles. The van der Waals surface area contributed by atoms with Gasteiger partial charge in [0, 0.05) is 33.1 Å². The predicted octanol–water partition coefficient (Wildman–Crippen LogP) is 0.950. The lowest BCUT2D eigenvalue weighted by Crippen LogP contribution is -2.44. The van der Waals surface area contributed by atoms with Crippen LogP contribution in [0, 0.1) is 11.7 Å². The summed E-state index contributed by atoms with van der Waals surface area (Å²) in [4.78, 5) is 25.2. The molecule has 0 spiro atoms. The molecule has 0 bridgehead atoms. The van der Waals surface area contributed by atoms with Crippen molar-refractivity contribution in [1.29, 1.82) is 0 Å². The summed E-state index contributed by atoms with van der Waals surface area (Å²) in [6.45, 7) is 1.09. The van der Waals surface area contributed by atoms with Gasteiger partial charge in [0.05, 0.1) is 10.8 Å². The lowest BCUT2D eigenvalue weighted by Gasteiger charge is -2.31. The Morgan fingerprint density at radius 2 is 1.96 bits per heavy atom. The van der Waals surface area contributed by atoms with Crippen LogP contribution >= 0.6 is 0 Å². The molecule has 1 aromatic rings. The van der Waals surface area contributed by atoms with E-state index in [1.165, 1.54) is 19.2 Å². The quantitative estimate of drug-likeness (QED) is 0.755. The van der Waals surface area contributed by atoms with Crippen molar-refractivity contribution in [3.8, 4) is 0 Å². The van der Waals surface area contributed by atoms with E-state index in [1.54, 1.807) is 4.90 Å². The van der Waals surface area contributed by atoms with E-state index in [-0.39, 0.29) is 29.7 Å². The van der Waals surface area contributed by atoms with E-state index in [0.29, 0.717) is 25.9 Å². The third-order valence-corrected chi connectivity index (χ3v) is 6.43. The molecule has 2 amide bonds. The number of carbonyl (C=O) groups is 2. The molecule has 1 fully saturated rings. The zero-order valence-electron chi connectivity index (χ0n) is 14.7. The normalized spacial score (nSPS) is 18.1. The minimum atomic E-state index is -3.72. The van der Waals surface area contributed by atoms with Gasteiger partial charge in [0.2, 0.25) is 21.8 Å². The Balaban J connectivity index is 1.85. The highest BCUT2D eigenvalue weighted by atomic mass is 32.2. The Labute approximate surface area is 153 Å². The molecular formula is C17H24FN3O4S. The summed E-state index contributed by atoms with van der Waals surface area (Å²) in [6, 6.07) is 4.61. The molecule has 1 aliphatic heterocycles. The van der Waals surface area contributed by atoms with Crippen LogP contribution < -0.4 is 5.73 Å². The number of halogens is 1. The molecule has 2 N–H and O–H groups in total. The summed E-state index contributed by atoms with van der Waals surface area (Å²) in [5.74, 6) is -1.32. The molecule has 7 nitrogen and oxygen atoms in total. The maximum atomic E-state index is 12.9. The molecule has 0 radical (unpaired) electrons. The fourth-order valence-electron chi connectivity index (χ4n) is 2.95. The van der Waals surface area contributed by atoms with E-state index in [9.17, 15) is 22.4 Å². The number of primary amides is 1. The van der Waals surface area contributed by atoms with Gasteiger partial charge in [0.25, 0.3) is 0 Å². The molecule has 9 heteroatoms. The van der Waals surface area contributed by atoms with Gasteiger partial charge in [0.1, 0.15) is 5.82 Å². The van der Waals surface area contributed by atoms with Crippen molar-refractivity contribution in [3.05, 3.63) is 30.1 Å². The smallest absolute Gasteiger partial charge is 0.242 e. The first-order valence-corrected chi connectivity index (χ1v) is 9.95. The molecule has 0 aromatic heterocycles. The molecule has 0 unspecified atom stereocenters. The van der Waals surface area contributed by atoms with Crippen molar-refractivity contribution in [3.63, 3.8) is 0 Å². The van der Waals surface area contributed by atoms with Gasteiger partial charge in [-0.15, -0.1) is 0 Å². The second-order valence-electron chi connectivity index (χ2n) is 6.47. The second kappa shape index (κ2) is 8.59. The highest BCUT2D eigenvalue weighted by Gasteiger charge is 2.27. The van der Waals surface area contributed by atoms with Gasteiger partial charge in [0.15, 0.2) is 0 Å². The second-order valence-corrected chi connectivity index (χ2v) is 8.51. The van der Waals surface area contributed by atoms with Crippen LogP contribution in [0.2, 0.25) is 0 Å². The first-order chi connectivity index (χ1) is 12.2. The molecule has 1 heterocycles. The number of amides is 2. The average molecular weight is 385 g/mol. The zero-order valence-corrected chi connectivity index (χ0v) is 15.5. The van der Waals surface area contributed by atoms with E-state index in [0.717, 1.165) is 22.9 Å². The Bertz CT molecular complexity index is 752. The van der Waals surface area contributed by atoms with Crippen molar-refractivity contribution < 1.29 is 22.4 Å². The lowest BCUT2D eigenvalue weighted by atomic mass is 9.97. The Morgan fingerprint density at radius 1 is 1.31 bits per heavy atom. The largest absolute Gasteiger partial charge is 0.369 e. The Morgan fingerprint density at radius 3 is 2.58 bits per heavy atom. The van der Waals surface area contributed by atoms with E-state index >= 15 is 0 Å². The van der Waals surface area contributed by atoms with Gasteiger partial charge in [-0.2, -0.15) is 0 Å². The molecule has 2 rings (SSSR count). The maximum Gasteiger partial charge on any atom is 0.242 e. The Hall–Kier alpha value is -2.00. The molecule has 1 atom stereocenters. The van der Waals surface area contributed by atoms with Gasteiger partial charge in [-0.3, -0.25) is 9.59 Å². The van der Waals surface area contributed by atoms with Gasteiger partial charge < -0.3 is 10.6 Å². The Kier molecular flexibility index (Phi) is 6.71. The van der Waals surface area contributed by atoms with Gasteiger partial charge in [-0.1, -0.05) is 0 Å². The van der Waals surface area contributed by atoms with E-state index in [4.69, 9.17) is 5.73 Å². The van der Waals surface area contributed by atoms with Gasteiger partial charge >= 0.3 is 0 Å². The van der Waals surface area contributed by atoms with Crippen LogP contribution in [0.3, 0.4) is 0 Å². The minimum absolute atomic E-state index is 0.00746. The van der Waals surface area contributed by atoms with Crippen LogP contribution in [0.5, 0.6) is 0 Å². The van der Waals surface area contributed by atoms with E-state index in [2.05, 4.69) is 0 Å². The topological polar surface area (TPSA) is 101 Å². The van der Waals surface area contributed by atoms with Crippen LogP contribution in [0.15, 0.2) is 29.2 Å². The molecule has 1 aliphatic rings. The zero-order chi connectivity index (χ0) is 19.3. The minimum Gasteiger partial charge on any atom is -0.369 e. The number of hydrogen-bond acceptors (Lipinski definition) is 4. The van der Waals surface area contributed by atoms with Crippen molar-refractivity contribution in [2.45, 2.75) is 30.6 Å². The molecule has 1 saturated heterocycles. The number of rotatable bonds is 7. The average Bonchev–Trinajstić information content (AvgIpc) is 2.61. The third-order valence-electron chi connectivity index (χ3n) is 4.56. The number of sulfonamides is 1. The van der Waals surface area contributed by atoms with Crippen molar-refractivity contribution in [1.82, 2.24) is 9.21 Å². The van der Waals surface area contributed by atoms with Crippen LogP contribution in [-0.2, 0) is 19.6 Å². The summed E-state index contributed by atoms with van der Waals surface area (Å²) in [7, 11) is -2.29. The predicted molar refractivity (Wildman–Crippen MR) is 93.9 cm³/mol. The van der Waals surface area contributed by atoms with Gasteiger partial charge in [-0.25, -0.2) is 17.1 Å². The van der Waals surface area contributed by atoms with Crippen LogP contribution in [0.4, 0.5) is 4.39 Å². The number of hydrogen-bond donors (Lipinski definition) is 1. The van der Waals surface area contributed by atoms with Gasteiger partial charge in [-0.05, 0) is 43.5 Å². The molecule has 26 heavy (non-hydrogen) atoms. The lowest BCUT2D eigenvalue weighted by molar-refractivity contribution is -0.135. The standard InChI is InChI=1S/C17H24FN3O4S/c1-20(26(24,25)15-8-6-14(18)7-9-15)10-3-5-16(22)21-11-2-4-13(12-21)17(19)23/h6-9,13H,2-5,10-12H2,1H3,(H2,19,23)/t13-/m0/s1. The van der Waals surface area contributed by atoms with E-state index in [1.807, 2.05) is 0 Å². The number of benzene rings is 1. The molecule has 0 saturated carbocycles. The highest BCUT2D eigenvalue weighted by Crippen LogP contribution is 2.18. The summed E-state index contributed by atoms with van der Waals surface area (Å²) in [6.07, 6.45) is 1.97.